The maximum absolute atomic E-state index is 5.69. The van der Waals surface area contributed by atoms with Gasteiger partial charge in [0.2, 0.25) is 0 Å². The fourth-order valence-electron chi connectivity index (χ4n) is 2.32. The third-order valence-corrected chi connectivity index (χ3v) is 4.51. The van der Waals surface area contributed by atoms with Crippen molar-refractivity contribution >= 4 is 11.8 Å². The number of rotatable bonds is 6. The van der Waals surface area contributed by atoms with E-state index >= 15 is 0 Å². The van der Waals surface area contributed by atoms with Crippen LogP contribution in [0.15, 0.2) is 24.3 Å². The Kier molecular flexibility index (Phi) is 5.39. The number of nitrogens with one attached hydrogen (secondary N) is 1. The Labute approximate surface area is 114 Å². The van der Waals surface area contributed by atoms with E-state index in [4.69, 9.17) is 4.74 Å². The molecule has 3 heteroatoms. The molecular weight excluding hydrogens is 242 g/mol. The van der Waals surface area contributed by atoms with Crippen molar-refractivity contribution in [2.75, 3.05) is 24.7 Å². The minimum atomic E-state index is 0.588. The number of para-hydroxylation sites is 1. The van der Waals surface area contributed by atoms with Crippen LogP contribution in [0.25, 0.3) is 0 Å². The average Bonchev–Trinajstić information content (AvgIpc) is 2.42. The molecule has 18 heavy (non-hydrogen) atoms. The quantitative estimate of drug-likeness (QED) is 0.853. The lowest BCUT2D eigenvalue weighted by molar-refractivity contribution is 0.263. The lowest BCUT2D eigenvalue weighted by atomic mass is 9.93. The summed E-state index contributed by atoms with van der Waals surface area (Å²) in [5.74, 6) is 4.07. The van der Waals surface area contributed by atoms with Crippen molar-refractivity contribution in [3.8, 4) is 5.75 Å². The van der Waals surface area contributed by atoms with Gasteiger partial charge in [-0.15, -0.1) is 0 Å². The molecule has 100 valence electrons. The van der Waals surface area contributed by atoms with Crippen molar-refractivity contribution in [1.29, 1.82) is 0 Å². The van der Waals surface area contributed by atoms with Crippen LogP contribution in [0.5, 0.6) is 5.75 Å². The highest BCUT2D eigenvalue weighted by Crippen LogP contribution is 2.32. The van der Waals surface area contributed by atoms with E-state index in [1.165, 1.54) is 17.1 Å². The fourth-order valence-corrected chi connectivity index (χ4v) is 3.03. The van der Waals surface area contributed by atoms with E-state index in [0.29, 0.717) is 12.0 Å². The SMILES string of the molecule is CCSCC(C)NCC1CCOc2ccccc21. The summed E-state index contributed by atoms with van der Waals surface area (Å²) in [4.78, 5) is 0. The lowest BCUT2D eigenvalue weighted by Gasteiger charge is -2.27. The van der Waals surface area contributed by atoms with Gasteiger partial charge in [-0.05, 0) is 30.7 Å². The van der Waals surface area contributed by atoms with Gasteiger partial charge in [0, 0.05) is 24.3 Å². The maximum atomic E-state index is 5.69. The highest BCUT2D eigenvalue weighted by Gasteiger charge is 2.20. The van der Waals surface area contributed by atoms with E-state index in [1.807, 2.05) is 11.8 Å². The molecule has 0 aliphatic carbocycles. The molecule has 0 radical (unpaired) electrons. The molecule has 2 atom stereocenters. The first-order valence-corrected chi connectivity index (χ1v) is 7.99. The third-order valence-electron chi connectivity index (χ3n) is 3.37. The Morgan fingerprint density at radius 2 is 2.28 bits per heavy atom. The van der Waals surface area contributed by atoms with Gasteiger partial charge in [0.1, 0.15) is 5.75 Å². The molecule has 1 aliphatic heterocycles. The number of hydrogen-bond donors (Lipinski definition) is 1. The normalized spacial score (nSPS) is 20.0. The third kappa shape index (κ3) is 3.66. The summed E-state index contributed by atoms with van der Waals surface area (Å²) in [5.41, 5.74) is 1.37. The monoisotopic (exact) mass is 265 g/mol. The Balaban J connectivity index is 1.87. The molecule has 0 saturated heterocycles. The van der Waals surface area contributed by atoms with E-state index in [2.05, 4.69) is 43.4 Å². The molecule has 0 saturated carbocycles. The highest BCUT2D eigenvalue weighted by atomic mass is 32.2. The van der Waals surface area contributed by atoms with Crippen molar-refractivity contribution in [1.82, 2.24) is 5.32 Å². The van der Waals surface area contributed by atoms with Crippen molar-refractivity contribution in [3.05, 3.63) is 29.8 Å². The molecule has 0 fully saturated rings. The summed E-state index contributed by atoms with van der Waals surface area (Å²) in [5, 5.41) is 3.65. The van der Waals surface area contributed by atoms with Gasteiger partial charge in [-0.1, -0.05) is 25.1 Å². The number of ether oxygens (including phenoxy) is 1. The van der Waals surface area contributed by atoms with Crippen LogP contribution in [0.4, 0.5) is 0 Å². The second-order valence-corrected chi connectivity index (χ2v) is 6.16. The summed E-state index contributed by atoms with van der Waals surface area (Å²) >= 11 is 2.00. The molecule has 0 spiro atoms. The molecule has 1 aromatic rings. The van der Waals surface area contributed by atoms with E-state index in [-0.39, 0.29) is 0 Å². The van der Waals surface area contributed by atoms with Gasteiger partial charge in [-0.3, -0.25) is 0 Å². The van der Waals surface area contributed by atoms with Crippen molar-refractivity contribution < 1.29 is 4.74 Å². The Morgan fingerprint density at radius 3 is 3.11 bits per heavy atom. The molecule has 1 N–H and O–H groups in total. The van der Waals surface area contributed by atoms with Crippen LogP contribution < -0.4 is 10.1 Å². The van der Waals surface area contributed by atoms with Crippen LogP contribution in [0.2, 0.25) is 0 Å². The van der Waals surface area contributed by atoms with E-state index in [9.17, 15) is 0 Å². The number of benzene rings is 1. The summed E-state index contributed by atoms with van der Waals surface area (Å²) in [6.45, 7) is 6.40. The van der Waals surface area contributed by atoms with E-state index in [1.54, 1.807) is 0 Å². The maximum Gasteiger partial charge on any atom is 0.122 e. The number of thioether (sulfide) groups is 1. The smallest absolute Gasteiger partial charge is 0.122 e. The minimum absolute atomic E-state index is 0.588. The molecule has 0 bridgehead atoms. The van der Waals surface area contributed by atoms with Gasteiger partial charge in [-0.25, -0.2) is 0 Å². The van der Waals surface area contributed by atoms with Gasteiger partial charge >= 0.3 is 0 Å². The molecule has 2 nitrogen and oxygen atoms in total. The molecule has 0 amide bonds. The zero-order valence-corrected chi connectivity index (χ0v) is 12.1. The Morgan fingerprint density at radius 1 is 1.44 bits per heavy atom. The van der Waals surface area contributed by atoms with Gasteiger partial charge in [0.25, 0.3) is 0 Å². The predicted molar refractivity (Wildman–Crippen MR) is 79.8 cm³/mol. The molecule has 1 aliphatic rings. The summed E-state index contributed by atoms with van der Waals surface area (Å²) in [6.07, 6.45) is 1.12. The van der Waals surface area contributed by atoms with E-state index < -0.39 is 0 Å². The van der Waals surface area contributed by atoms with Crippen molar-refractivity contribution in [2.24, 2.45) is 0 Å². The van der Waals surface area contributed by atoms with E-state index in [0.717, 1.165) is 25.3 Å². The second-order valence-electron chi connectivity index (χ2n) is 4.84. The summed E-state index contributed by atoms with van der Waals surface area (Å²) < 4.78 is 5.69. The Bertz CT molecular complexity index is 369. The van der Waals surface area contributed by atoms with Crippen molar-refractivity contribution in [3.63, 3.8) is 0 Å². The molecule has 1 aromatic carbocycles. The highest BCUT2D eigenvalue weighted by molar-refractivity contribution is 7.99. The first kappa shape index (κ1) is 13.8. The van der Waals surface area contributed by atoms with Crippen LogP contribution in [-0.2, 0) is 0 Å². The van der Waals surface area contributed by atoms with Gasteiger partial charge in [-0.2, -0.15) is 11.8 Å². The van der Waals surface area contributed by atoms with Crippen LogP contribution in [0.3, 0.4) is 0 Å². The molecule has 0 aromatic heterocycles. The zero-order chi connectivity index (χ0) is 12.8. The minimum Gasteiger partial charge on any atom is -0.493 e. The predicted octanol–water partition coefficient (Wildman–Crippen LogP) is 3.28. The topological polar surface area (TPSA) is 21.3 Å². The summed E-state index contributed by atoms with van der Waals surface area (Å²) in [6, 6.07) is 9.03. The first-order valence-electron chi connectivity index (χ1n) is 6.84. The summed E-state index contributed by atoms with van der Waals surface area (Å²) in [7, 11) is 0. The van der Waals surface area contributed by atoms with Crippen LogP contribution >= 0.6 is 11.8 Å². The first-order chi connectivity index (χ1) is 8.81. The van der Waals surface area contributed by atoms with Crippen molar-refractivity contribution in [2.45, 2.75) is 32.2 Å². The lowest BCUT2D eigenvalue weighted by Crippen LogP contribution is -2.33. The fraction of sp³-hybridized carbons (Fsp3) is 0.600. The molecule has 2 unspecified atom stereocenters. The van der Waals surface area contributed by atoms with Gasteiger partial charge < -0.3 is 10.1 Å². The number of hydrogen-bond acceptors (Lipinski definition) is 3. The Hall–Kier alpha value is -0.670. The van der Waals surface area contributed by atoms with Crippen LogP contribution in [0.1, 0.15) is 31.7 Å². The van der Waals surface area contributed by atoms with Gasteiger partial charge in [0.05, 0.1) is 6.61 Å². The average molecular weight is 265 g/mol. The van der Waals surface area contributed by atoms with Crippen LogP contribution in [-0.4, -0.2) is 30.7 Å². The zero-order valence-electron chi connectivity index (χ0n) is 11.3. The molecule has 2 rings (SSSR count). The van der Waals surface area contributed by atoms with Gasteiger partial charge in [0.15, 0.2) is 0 Å². The number of fused-ring (bicyclic) bond motifs is 1. The largest absolute Gasteiger partial charge is 0.493 e. The molecule has 1 heterocycles. The standard InChI is InChI=1S/C15H23NOS/c1-3-18-11-12(2)16-10-13-8-9-17-15-7-5-4-6-14(13)15/h4-7,12-13,16H,3,8-11H2,1-2H3. The molecular formula is C15H23NOS. The van der Waals surface area contributed by atoms with Crippen LogP contribution in [0, 0.1) is 0 Å². The second kappa shape index (κ2) is 7.05.